The molecule has 0 bridgehead atoms. The fourth-order valence-corrected chi connectivity index (χ4v) is 5.18. The van der Waals surface area contributed by atoms with Crippen molar-refractivity contribution in [1.82, 2.24) is 15.3 Å². The minimum absolute atomic E-state index is 0.203. The van der Waals surface area contributed by atoms with Gasteiger partial charge in [-0.15, -0.1) is 11.8 Å². The number of morpholine rings is 1. The van der Waals surface area contributed by atoms with Gasteiger partial charge in [-0.3, -0.25) is 0 Å². The van der Waals surface area contributed by atoms with Crippen LogP contribution in [0, 0.1) is 0 Å². The van der Waals surface area contributed by atoms with Gasteiger partial charge in [-0.2, -0.15) is 0 Å². The van der Waals surface area contributed by atoms with Gasteiger partial charge in [0.15, 0.2) is 5.82 Å². The largest absolute Gasteiger partial charge is 0.377 e. The number of urea groups is 1. The van der Waals surface area contributed by atoms with E-state index in [1.807, 2.05) is 43.0 Å². The maximum Gasteiger partial charge on any atom is 0.319 e. The highest BCUT2D eigenvalue weighted by atomic mass is 32.2. The fourth-order valence-electron chi connectivity index (χ4n) is 3.96. The van der Waals surface area contributed by atoms with E-state index in [0.29, 0.717) is 11.8 Å². The number of thioether (sulfide) groups is 1. The Balaban J connectivity index is 1.67. The first kappa shape index (κ1) is 20.9. The highest BCUT2D eigenvalue weighted by molar-refractivity contribution is 7.99. The number of aromatic nitrogens is 2. The molecule has 30 heavy (non-hydrogen) atoms. The van der Waals surface area contributed by atoms with Gasteiger partial charge in [0, 0.05) is 40.9 Å². The Morgan fingerprint density at radius 3 is 2.77 bits per heavy atom. The average Bonchev–Trinajstić information content (AvgIpc) is 3.17. The minimum atomic E-state index is -0.203. The van der Waals surface area contributed by atoms with Crippen molar-refractivity contribution in [3.8, 4) is 11.4 Å². The molecule has 2 aliphatic rings. The predicted molar refractivity (Wildman–Crippen MR) is 122 cm³/mol. The number of hydrogen-bond acceptors (Lipinski definition) is 6. The van der Waals surface area contributed by atoms with Gasteiger partial charge < -0.3 is 20.3 Å². The molecule has 0 spiro atoms. The topological polar surface area (TPSA) is 79.4 Å². The molecule has 0 aliphatic carbocycles. The van der Waals surface area contributed by atoms with Gasteiger partial charge in [0.25, 0.3) is 0 Å². The first-order valence-corrected chi connectivity index (χ1v) is 11.7. The Kier molecular flexibility index (Phi) is 6.43. The summed E-state index contributed by atoms with van der Waals surface area (Å²) in [7, 11) is 0. The smallest absolute Gasteiger partial charge is 0.319 e. The number of ether oxygens (including phenoxy) is 1. The minimum Gasteiger partial charge on any atom is -0.377 e. The summed E-state index contributed by atoms with van der Waals surface area (Å²) >= 11 is 1.95. The van der Waals surface area contributed by atoms with Crippen molar-refractivity contribution in [2.24, 2.45) is 0 Å². The molecule has 2 aromatic rings. The third-order valence-corrected chi connectivity index (χ3v) is 6.91. The molecule has 8 heteroatoms. The second kappa shape index (κ2) is 9.22. The highest BCUT2D eigenvalue weighted by Gasteiger charge is 2.32. The summed E-state index contributed by atoms with van der Waals surface area (Å²) in [4.78, 5) is 24.1. The fraction of sp³-hybridized carbons (Fsp3) is 0.500. The molecule has 1 aromatic carbocycles. The molecule has 160 valence electrons. The molecule has 2 unspecified atom stereocenters. The standard InChI is InChI=1S/C22H29N5O2S/c1-4-18-19-17(13-30-18)25-20(26-21(19)27-10-11-29-12-14(27)3)15-6-8-16(9-7-15)24-22(28)23-5-2/h6-9,14,18H,4-5,10-13H2,1-3H3,(H2,23,24,28). The summed E-state index contributed by atoms with van der Waals surface area (Å²) < 4.78 is 5.65. The molecule has 7 nitrogen and oxygen atoms in total. The summed E-state index contributed by atoms with van der Waals surface area (Å²) in [6.07, 6.45) is 1.08. The lowest BCUT2D eigenvalue weighted by atomic mass is 10.1. The van der Waals surface area contributed by atoms with Gasteiger partial charge in [0.2, 0.25) is 0 Å². The monoisotopic (exact) mass is 427 g/mol. The van der Waals surface area contributed by atoms with E-state index < -0.39 is 0 Å². The van der Waals surface area contributed by atoms with Crippen LogP contribution in [0.5, 0.6) is 0 Å². The number of nitrogens with one attached hydrogen (secondary N) is 2. The quantitative estimate of drug-likeness (QED) is 0.744. The molecule has 2 N–H and O–H groups in total. The third-order valence-electron chi connectivity index (χ3n) is 5.50. The molecule has 4 rings (SSSR count). The molecule has 2 amide bonds. The van der Waals surface area contributed by atoms with E-state index in [9.17, 15) is 4.79 Å². The summed E-state index contributed by atoms with van der Waals surface area (Å²) in [6.45, 7) is 9.20. The Morgan fingerprint density at radius 1 is 1.27 bits per heavy atom. The van der Waals surface area contributed by atoms with Crippen molar-refractivity contribution < 1.29 is 9.53 Å². The molecule has 0 saturated carbocycles. The number of amides is 2. The number of hydrogen-bond donors (Lipinski definition) is 2. The second-order valence-corrected chi connectivity index (χ2v) is 8.81. The van der Waals surface area contributed by atoms with Crippen molar-refractivity contribution in [1.29, 1.82) is 0 Å². The van der Waals surface area contributed by atoms with Crippen LogP contribution in [0.25, 0.3) is 11.4 Å². The molecule has 2 atom stereocenters. The zero-order chi connectivity index (χ0) is 21.1. The van der Waals surface area contributed by atoms with Crippen molar-refractivity contribution in [3.63, 3.8) is 0 Å². The van der Waals surface area contributed by atoms with Gasteiger partial charge in [-0.1, -0.05) is 6.92 Å². The molecule has 3 heterocycles. The highest BCUT2D eigenvalue weighted by Crippen LogP contribution is 2.47. The zero-order valence-electron chi connectivity index (χ0n) is 17.8. The predicted octanol–water partition coefficient (Wildman–Crippen LogP) is 4.21. The van der Waals surface area contributed by atoms with E-state index in [-0.39, 0.29) is 12.1 Å². The van der Waals surface area contributed by atoms with Crippen molar-refractivity contribution in [3.05, 3.63) is 35.5 Å². The number of carbonyl (C=O) groups excluding carboxylic acids is 1. The van der Waals surface area contributed by atoms with Crippen LogP contribution < -0.4 is 15.5 Å². The van der Waals surface area contributed by atoms with Crippen LogP contribution in [0.1, 0.15) is 43.7 Å². The molecule has 1 aromatic heterocycles. The number of rotatable bonds is 5. The van der Waals surface area contributed by atoms with Gasteiger partial charge in [-0.25, -0.2) is 14.8 Å². The Labute approximate surface area is 182 Å². The van der Waals surface area contributed by atoms with E-state index in [0.717, 1.165) is 60.5 Å². The van der Waals surface area contributed by atoms with Crippen LogP contribution in [-0.4, -0.2) is 48.3 Å². The van der Waals surface area contributed by atoms with Gasteiger partial charge >= 0.3 is 6.03 Å². The Bertz CT molecular complexity index is 905. The number of carbonyl (C=O) groups is 1. The van der Waals surface area contributed by atoms with Crippen molar-refractivity contribution >= 4 is 29.3 Å². The van der Waals surface area contributed by atoms with Gasteiger partial charge in [-0.05, 0) is 44.5 Å². The molecule has 0 radical (unpaired) electrons. The Morgan fingerprint density at radius 2 is 2.07 bits per heavy atom. The first-order valence-electron chi connectivity index (χ1n) is 10.6. The lowest BCUT2D eigenvalue weighted by molar-refractivity contribution is 0.0984. The molecule has 1 fully saturated rings. The third kappa shape index (κ3) is 4.25. The maximum atomic E-state index is 11.7. The zero-order valence-corrected chi connectivity index (χ0v) is 18.6. The number of nitrogens with zero attached hydrogens (tertiary/aromatic N) is 3. The summed E-state index contributed by atoms with van der Waals surface area (Å²) in [6, 6.07) is 7.80. The summed E-state index contributed by atoms with van der Waals surface area (Å²) in [5, 5.41) is 6.01. The molecular weight excluding hydrogens is 398 g/mol. The molecule has 2 aliphatic heterocycles. The normalized spacial score (nSPS) is 20.7. The second-order valence-electron chi connectivity index (χ2n) is 7.62. The van der Waals surface area contributed by atoms with Crippen LogP contribution in [0.3, 0.4) is 0 Å². The average molecular weight is 428 g/mol. The summed E-state index contributed by atoms with van der Waals surface area (Å²) in [5.74, 6) is 2.72. The van der Waals surface area contributed by atoms with E-state index in [4.69, 9.17) is 14.7 Å². The molecule has 1 saturated heterocycles. The maximum absolute atomic E-state index is 11.7. The van der Waals surface area contributed by atoms with Gasteiger partial charge in [0.05, 0.1) is 24.9 Å². The molecular formula is C22H29N5O2S. The van der Waals surface area contributed by atoms with Crippen molar-refractivity contribution in [2.75, 3.05) is 36.5 Å². The van der Waals surface area contributed by atoms with Crippen molar-refractivity contribution in [2.45, 2.75) is 44.2 Å². The summed E-state index contributed by atoms with van der Waals surface area (Å²) in [5.41, 5.74) is 4.14. The number of anilines is 2. The van der Waals surface area contributed by atoms with Crippen LogP contribution in [0.15, 0.2) is 24.3 Å². The van der Waals surface area contributed by atoms with Crippen LogP contribution in [0.2, 0.25) is 0 Å². The Hall–Kier alpha value is -2.32. The number of benzene rings is 1. The number of fused-ring (bicyclic) bond motifs is 1. The van der Waals surface area contributed by atoms with E-state index >= 15 is 0 Å². The lowest BCUT2D eigenvalue weighted by Gasteiger charge is -2.36. The van der Waals surface area contributed by atoms with Crippen LogP contribution in [-0.2, 0) is 10.5 Å². The van der Waals surface area contributed by atoms with Gasteiger partial charge in [0.1, 0.15) is 5.82 Å². The lowest BCUT2D eigenvalue weighted by Crippen LogP contribution is -2.44. The first-order chi connectivity index (χ1) is 14.6. The van der Waals surface area contributed by atoms with E-state index in [1.165, 1.54) is 5.56 Å². The van der Waals surface area contributed by atoms with E-state index in [2.05, 4.69) is 29.4 Å². The van der Waals surface area contributed by atoms with Crippen LogP contribution >= 0.6 is 11.8 Å². The van der Waals surface area contributed by atoms with E-state index in [1.54, 1.807) is 0 Å². The SMILES string of the molecule is CCNC(=O)Nc1ccc(-c2nc3c(c(N4CCOCC4C)n2)C(CC)SC3)cc1. The van der Waals surface area contributed by atoms with Crippen LogP contribution in [0.4, 0.5) is 16.3 Å².